The highest BCUT2D eigenvalue weighted by molar-refractivity contribution is 5.79. The van der Waals surface area contributed by atoms with Crippen LogP contribution in [-0.4, -0.2) is 51.9 Å². The second-order valence-electron chi connectivity index (χ2n) is 7.24. The van der Waals surface area contributed by atoms with Crippen molar-refractivity contribution in [3.63, 3.8) is 0 Å². The molecule has 2 aromatic rings. The summed E-state index contributed by atoms with van der Waals surface area (Å²) in [5.41, 5.74) is 6.30. The van der Waals surface area contributed by atoms with Gasteiger partial charge in [-0.1, -0.05) is 25.1 Å². The van der Waals surface area contributed by atoms with E-state index < -0.39 is 0 Å². The van der Waals surface area contributed by atoms with E-state index in [1.165, 1.54) is 6.07 Å². The quantitative estimate of drug-likeness (QED) is 0.842. The molecule has 27 heavy (non-hydrogen) atoms. The molecule has 6 nitrogen and oxygen atoms in total. The summed E-state index contributed by atoms with van der Waals surface area (Å²) >= 11 is 0. The molecule has 1 aliphatic heterocycles. The number of nitrogens with two attached hydrogens (primary N) is 1. The minimum atomic E-state index is -0.252. The number of aromatic nitrogens is 2. The average molecular weight is 371 g/mol. The Bertz CT molecular complexity index is 799. The van der Waals surface area contributed by atoms with Gasteiger partial charge in [0.05, 0.1) is 6.54 Å². The first-order chi connectivity index (χ1) is 12.9. The Labute approximate surface area is 159 Å². The lowest BCUT2D eigenvalue weighted by molar-refractivity contribution is -0.134. The number of rotatable bonds is 6. The molecule has 1 aliphatic rings. The number of halogens is 1. The van der Waals surface area contributed by atoms with E-state index in [-0.39, 0.29) is 23.7 Å². The molecule has 7 heteroatoms. The fraction of sp³-hybridized carbons (Fsp3) is 0.450. The lowest BCUT2D eigenvalue weighted by Crippen LogP contribution is -2.38. The van der Waals surface area contributed by atoms with Gasteiger partial charge < -0.3 is 10.6 Å². The first-order valence-corrected chi connectivity index (χ1v) is 9.24. The van der Waals surface area contributed by atoms with Crippen LogP contribution in [0.25, 0.3) is 0 Å². The van der Waals surface area contributed by atoms with E-state index >= 15 is 0 Å². The van der Waals surface area contributed by atoms with Gasteiger partial charge in [0.2, 0.25) is 5.91 Å². The average Bonchev–Trinajstić information content (AvgIpc) is 3.13. The normalized spacial score (nSPS) is 18.1. The molecule has 2 N–H and O–H groups in total. The van der Waals surface area contributed by atoms with Crippen molar-refractivity contribution >= 4 is 11.7 Å². The van der Waals surface area contributed by atoms with E-state index in [1.807, 2.05) is 18.9 Å². The number of hydrogen-bond acceptors (Lipinski definition) is 5. The van der Waals surface area contributed by atoms with Crippen LogP contribution in [0.2, 0.25) is 0 Å². The Hall–Kier alpha value is -2.54. The minimum absolute atomic E-state index is 0.0781. The Morgan fingerprint density at radius 1 is 1.41 bits per heavy atom. The molecule has 144 valence electrons. The predicted molar refractivity (Wildman–Crippen MR) is 102 cm³/mol. The number of nitrogen functional groups attached to an aromatic ring is 1. The molecule has 1 saturated heterocycles. The summed E-state index contributed by atoms with van der Waals surface area (Å²) < 4.78 is 13.8. The molecule has 0 saturated carbocycles. The number of nitrogens with zero attached hydrogens (tertiary/aromatic N) is 4. The van der Waals surface area contributed by atoms with Crippen LogP contribution in [0, 0.1) is 11.7 Å². The smallest absolute Gasteiger partial charge is 0.225 e. The van der Waals surface area contributed by atoms with Crippen molar-refractivity contribution < 1.29 is 9.18 Å². The Morgan fingerprint density at radius 3 is 2.93 bits per heavy atom. The fourth-order valence-corrected chi connectivity index (χ4v) is 3.54. The molecule has 1 aromatic carbocycles. The second kappa shape index (κ2) is 8.43. The number of amides is 1. The summed E-state index contributed by atoms with van der Waals surface area (Å²) in [7, 11) is 2.01. The molecule has 1 aromatic heterocycles. The van der Waals surface area contributed by atoms with Crippen molar-refractivity contribution in [2.24, 2.45) is 5.92 Å². The van der Waals surface area contributed by atoms with Crippen molar-refractivity contribution in [1.82, 2.24) is 19.8 Å². The van der Waals surface area contributed by atoms with Gasteiger partial charge in [-0.2, -0.15) is 0 Å². The summed E-state index contributed by atoms with van der Waals surface area (Å²) in [6.07, 6.45) is 2.97. The standard InChI is InChI=1S/C20H26FN5O/c1-14(11-15-5-3-4-6-17(15)21)20(27)26-10-8-16(12-26)25(2)13-19-23-9-7-18(22)24-19/h3-7,9,14,16H,8,10-13H2,1-2H3,(H2,22,23,24). The summed E-state index contributed by atoms with van der Waals surface area (Å²) in [6, 6.07) is 8.55. The van der Waals surface area contributed by atoms with E-state index in [9.17, 15) is 9.18 Å². The summed E-state index contributed by atoms with van der Waals surface area (Å²) in [4.78, 5) is 25.3. The lowest BCUT2D eigenvalue weighted by Gasteiger charge is -2.25. The van der Waals surface area contributed by atoms with E-state index in [2.05, 4.69) is 14.9 Å². The second-order valence-corrected chi connectivity index (χ2v) is 7.24. The predicted octanol–water partition coefficient (Wildman–Crippen LogP) is 2.11. The third-order valence-corrected chi connectivity index (χ3v) is 5.12. The molecule has 1 amide bonds. The van der Waals surface area contributed by atoms with Crippen LogP contribution in [0.15, 0.2) is 36.5 Å². The molecule has 2 atom stereocenters. The van der Waals surface area contributed by atoms with Crippen LogP contribution in [0.3, 0.4) is 0 Å². The number of likely N-dealkylation sites (tertiary alicyclic amines) is 1. The molecule has 2 heterocycles. The molecule has 1 fully saturated rings. The van der Waals surface area contributed by atoms with Gasteiger partial charge in [0.1, 0.15) is 17.5 Å². The number of likely N-dealkylation sites (N-methyl/N-ethyl adjacent to an activating group) is 1. The van der Waals surface area contributed by atoms with Gasteiger partial charge in [0.25, 0.3) is 0 Å². The van der Waals surface area contributed by atoms with Crippen LogP contribution in [-0.2, 0) is 17.8 Å². The monoisotopic (exact) mass is 371 g/mol. The lowest BCUT2D eigenvalue weighted by atomic mass is 9.99. The van der Waals surface area contributed by atoms with Gasteiger partial charge in [0, 0.05) is 31.2 Å². The van der Waals surface area contributed by atoms with Crippen molar-refractivity contribution in [3.8, 4) is 0 Å². The highest BCUT2D eigenvalue weighted by Crippen LogP contribution is 2.20. The fourth-order valence-electron chi connectivity index (χ4n) is 3.54. The van der Waals surface area contributed by atoms with Crippen LogP contribution in [0.5, 0.6) is 0 Å². The van der Waals surface area contributed by atoms with Crippen molar-refractivity contribution in [2.45, 2.75) is 32.4 Å². The van der Waals surface area contributed by atoms with Gasteiger partial charge in [-0.3, -0.25) is 9.69 Å². The zero-order valence-corrected chi connectivity index (χ0v) is 15.8. The van der Waals surface area contributed by atoms with Gasteiger partial charge in [-0.25, -0.2) is 14.4 Å². The van der Waals surface area contributed by atoms with Crippen molar-refractivity contribution in [2.75, 3.05) is 25.9 Å². The van der Waals surface area contributed by atoms with Gasteiger partial charge in [-0.15, -0.1) is 0 Å². The topological polar surface area (TPSA) is 75.4 Å². The van der Waals surface area contributed by atoms with Crippen LogP contribution < -0.4 is 5.73 Å². The first kappa shape index (κ1) is 19.2. The highest BCUT2D eigenvalue weighted by atomic mass is 19.1. The third kappa shape index (κ3) is 4.80. The van der Waals surface area contributed by atoms with Gasteiger partial charge in [0.15, 0.2) is 0 Å². The number of carbonyl (C=O) groups excluding carboxylic acids is 1. The number of hydrogen-bond donors (Lipinski definition) is 1. The van der Waals surface area contributed by atoms with Gasteiger partial charge in [-0.05, 0) is 37.6 Å². The maximum atomic E-state index is 13.8. The third-order valence-electron chi connectivity index (χ3n) is 5.12. The number of anilines is 1. The van der Waals surface area contributed by atoms with E-state index in [4.69, 9.17) is 5.73 Å². The molecule has 3 rings (SSSR count). The van der Waals surface area contributed by atoms with E-state index in [1.54, 1.807) is 30.5 Å². The largest absolute Gasteiger partial charge is 0.384 e. The SMILES string of the molecule is CC(Cc1ccccc1F)C(=O)N1CCC(N(C)Cc2nccc(N)n2)C1. The summed E-state index contributed by atoms with van der Waals surface area (Å²) in [5, 5.41) is 0. The molecule has 0 radical (unpaired) electrons. The van der Waals surface area contributed by atoms with Crippen LogP contribution in [0.1, 0.15) is 24.7 Å². The molecule has 0 bridgehead atoms. The summed E-state index contributed by atoms with van der Waals surface area (Å²) in [6.45, 7) is 3.83. The maximum absolute atomic E-state index is 13.8. The minimum Gasteiger partial charge on any atom is -0.384 e. The highest BCUT2D eigenvalue weighted by Gasteiger charge is 2.31. The Kier molecular flexibility index (Phi) is 6.01. The van der Waals surface area contributed by atoms with Gasteiger partial charge >= 0.3 is 0 Å². The van der Waals surface area contributed by atoms with E-state index in [0.717, 1.165) is 6.42 Å². The van der Waals surface area contributed by atoms with E-state index in [0.29, 0.717) is 43.3 Å². The molecular formula is C20H26FN5O. The maximum Gasteiger partial charge on any atom is 0.225 e. The Morgan fingerprint density at radius 2 is 2.19 bits per heavy atom. The zero-order chi connectivity index (χ0) is 19.4. The molecular weight excluding hydrogens is 345 g/mol. The van der Waals surface area contributed by atoms with Crippen molar-refractivity contribution in [3.05, 3.63) is 53.7 Å². The Balaban J connectivity index is 1.55. The van der Waals surface area contributed by atoms with Crippen LogP contribution in [0.4, 0.5) is 10.2 Å². The molecule has 2 unspecified atom stereocenters. The zero-order valence-electron chi connectivity index (χ0n) is 15.8. The summed E-state index contributed by atoms with van der Waals surface area (Å²) in [5.74, 6) is 0.713. The molecule has 0 spiro atoms. The van der Waals surface area contributed by atoms with Crippen molar-refractivity contribution in [1.29, 1.82) is 0 Å². The first-order valence-electron chi connectivity index (χ1n) is 9.24. The number of benzene rings is 1. The number of carbonyl (C=O) groups is 1. The van der Waals surface area contributed by atoms with Crippen LogP contribution >= 0.6 is 0 Å². The molecule has 0 aliphatic carbocycles.